The molecule has 1 aliphatic heterocycles. The summed E-state index contributed by atoms with van der Waals surface area (Å²) in [6.45, 7) is 6.87. The van der Waals surface area contributed by atoms with E-state index in [0.29, 0.717) is 6.42 Å². The summed E-state index contributed by atoms with van der Waals surface area (Å²) in [6.07, 6.45) is 0.690. The second-order valence-corrected chi connectivity index (χ2v) is 7.40. The fourth-order valence-electron chi connectivity index (χ4n) is 3.63. The molecule has 1 fully saturated rings. The molecule has 0 amide bonds. The molecule has 3 rings (SSSR count). The smallest absolute Gasteiger partial charge is 0.298 e. The number of benzene rings is 2. The van der Waals surface area contributed by atoms with Gasteiger partial charge in [-0.3, -0.25) is 9.80 Å². The summed E-state index contributed by atoms with van der Waals surface area (Å²) in [6, 6.07) is 16.2. The Morgan fingerprint density at radius 3 is 2.36 bits per heavy atom. The van der Waals surface area contributed by atoms with Crippen molar-refractivity contribution >= 4 is 6.08 Å². The maximum Gasteiger partial charge on any atom is 0.416 e. The average Bonchev–Trinajstić information content (AvgIpc) is 2.69. The van der Waals surface area contributed by atoms with Crippen molar-refractivity contribution < 1.29 is 13.2 Å². The number of halogens is 3. The van der Waals surface area contributed by atoms with Crippen LogP contribution in [0.15, 0.2) is 60.7 Å². The maximum atomic E-state index is 12.9. The molecule has 0 saturated carbocycles. The Hall–Kier alpha value is -2.11. The monoisotopic (exact) mass is 388 g/mol. The van der Waals surface area contributed by atoms with Gasteiger partial charge in [-0.1, -0.05) is 60.7 Å². The van der Waals surface area contributed by atoms with E-state index >= 15 is 0 Å². The van der Waals surface area contributed by atoms with Gasteiger partial charge in [-0.25, -0.2) is 0 Å². The van der Waals surface area contributed by atoms with Crippen LogP contribution in [0.5, 0.6) is 0 Å². The molecule has 0 N–H and O–H groups in total. The first kappa shape index (κ1) is 20.6. The third-order valence-electron chi connectivity index (χ3n) is 5.29. The van der Waals surface area contributed by atoms with Crippen molar-refractivity contribution in [3.63, 3.8) is 0 Å². The average molecular weight is 388 g/mol. The molecule has 1 aliphatic rings. The van der Waals surface area contributed by atoms with Crippen molar-refractivity contribution in [2.45, 2.75) is 25.6 Å². The lowest BCUT2D eigenvalue weighted by atomic mass is 10.0. The first-order valence-corrected chi connectivity index (χ1v) is 9.76. The van der Waals surface area contributed by atoms with Crippen LogP contribution in [0.25, 0.3) is 6.08 Å². The number of piperazine rings is 1. The number of rotatable bonds is 6. The number of hydrogen-bond donors (Lipinski definition) is 0. The number of nitrogens with zero attached hydrogens (tertiary/aromatic N) is 2. The highest BCUT2D eigenvalue weighted by Gasteiger charge is 2.30. The Morgan fingerprint density at radius 1 is 0.964 bits per heavy atom. The Balaban J connectivity index is 1.46. The molecule has 2 nitrogen and oxygen atoms in total. The van der Waals surface area contributed by atoms with E-state index in [1.807, 2.05) is 18.2 Å². The quantitative estimate of drug-likeness (QED) is 0.690. The minimum atomic E-state index is -4.28. The molecule has 2 aromatic carbocycles. The summed E-state index contributed by atoms with van der Waals surface area (Å²) >= 11 is 0. The first-order valence-electron chi connectivity index (χ1n) is 9.76. The largest absolute Gasteiger partial charge is 0.416 e. The van der Waals surface area contributed by atoms with Crippen LogP contribution in [0.4, 0.5) is 13.2 Å². The van der Waals surface area contributed by atoms with Gasteiger partial charge in [0.15, 0.2) is 0 Å². The van der Waals surface area contributed by atoms with Crippen molar-refractivity contribution in [3.8, 4) is 0 Å². The van der Waals surface area contributed by atoms with Crippen LogP contribution in [-0.4, -0.2) is 48.6 Å². The highest BCUT2D eigenvalue weighted by atomic mass is 19.4. The van der Waals surface area contributed by atoms with Crippen molar-refractivity contribution in [1.29, 1.82) is 0 Å². The minimum absolute atomic E-state index is 0.227. The molecule has 1 atom stereocenters. The van der Waals surface area contributed by atoms with Crippen molar-refractivity contribution in [1.82, 2.24) is 9.80 Å². The lowest BCUT2D eigenvalue weighted by molar-refractivity contribution is -0.137. The van der Waals surface area contributed by atoms with Gasteiger partial charge in [0, 0.05) is 38.8 Å². The van der Waals surface area contributed by atoms with Gasteiger partial charge in [-0.05, 0) is 30.5 Å². The van der Waals surface area contributed by atoms with Crippen LogP contribution in [0.1, 0.15) is 23.6 Å². The van der Waals surface area contributed by atoms with Gasteiger partial charge in [0.2, 0.25) is 0 Å². The molecule has 2 aromatic rings. The maximum absolute atomic E-state index is 12.9. The zero-order valence-electron chi connectivity index (χ0n) is 16.2. The molecule has 1 saturated heterocycles. The number of alkyl halides is 3. The summed E-state index contributed by atoms with van der Waals surface area (Å²) in [4.78, 5) is 4.78. The molecule has 0 radical (unpaired) electrons. The normalized spacial score (nSPS) is 17.9. The van der Waals surface area contributed by atoms with E-state index in [1.54, 1.807) is 6.07 Å². The molecular weight excluding hydrogens is 361 g/mol. The van der Waals surface area contributed by atoms with Crippen molar-refractivity contribution in [2.75, 3.05) is 32.7 Å². The Bertz CT molecular complexity index is 763. The Labute approximate surface area is 165 Å². The van der Waals surface area contributed by atoms with Crippen LogP contribution < -0.4 is 0 Å². The molecule has 0 spiro atoms. The Kier molecular flexibility index (Phi) is 6.92. The van der Waals surface area contributed by atoms with Crippen LogP contribution >= 0.6 is 0 Å². The van der Waals surface area contributed by atoms with Gasteiger partial charge in [0.1, 0.15) is 0 Å². The highest BCUT2D eigenvalue weighted by Crippen LogP contribution is 2.30. The van der Waals surface area contributed by atoms with Crippen LogP contribution in [0.2, 0.25) is 0 Å². The van der Waals surface area contributed by atoms with Crippen LogP contribution in [-0.2, 0) is 12.6 Å². The molecule has 0 unspecified atom stereocenters. The minimum Gasteiger partial charge on any atom is -0.298 e. The third-order valence-corrected chi connectivity index (χ3v) is 5.29. The number of hydrogen-bond acceptors (Lipinski definition) is 2. The van der Waals surface area contributed by atoms with Gasteiger partial charge in [0.05, 0.1) is 5.56 Å². The lowest BCUT2D eigenvalue weighted by Gasteiger charge is -2.37. The third kappa shape index (κ3) is 5.94. The molecular formula is C23H27F3N2. The molecule has 1 heterocycles. The SMILES string of the molecule is C[C@@H](Cc1cccc(C(F)(F)F)c1)N1CCN(CC=Cc2ccccc2)CC1. The second-order valence-electron chi connectivity index (χ2n) is 7.40. The van der Waals surface area contributed by atoms with E-state index in [4.69, 9.17) is 0 Å². The predicted octanol–water partition coefficient (Wildman–Crippen LogP) is 4.97. The van der Waals surface area contributed by atoms with Gasteiger partial charge >= 0.3 is 6.18 Å². The standard InChI is InChI=1S/C23H27F3N2/c1-19(17-21-9-5-11-22(18-21)23(24,25)26)28-15-13-27(14-16-28)12-6-10-20-7-3-2-4-8-20/h2-11,18-19H,12-17H2,1H3/t19-/m0/s1. The Morgan fingerprint density at radius 2 is 1.68 bits per heavy atom. The molecule has 0 aliphatic carbocycles. The van der Waals surface area contributed by atoms with E-state index in [1.165, 1.54) is 17.7 Å². The van der Waals surface area contributed by atoms with E-state index in [0.717, 1.165) is 44.4 Å². The van der Waals surface area contributed by atoms with Gasteiger partial charge in [-0.2, -0.15) is 13.2 Å². The van der Waals surface area contributed by atoms with E-state index < -0.39 is 11.7 Å². The zero-order chi connectivity index (χ0) is 20.0. The summed E-state index contributed by atoms with van der Waals surface area (Å²) in [5.41, 5.74) is 1.39. The molecule has 150 valence electrons. The molecule has 0 aromatic heterocycles. The van der Waals surface area contributed by atoms with E-state index in [9.17, 15) is 13.2 Å². The van der Waals surface area contributed by atoms with E-state index in [-0.39, 0.29) is 6.04 Å². The molecule has 28 heavy (non-hydrogen) atoms. The summed E-state index contributed by atoms with van der Waals surface area (Å²) in [5.74, 6) is 0. The molecule has 0 bridgehead atoms. The fourth-order valence-corrected chi connectivity index (χ4v) is 3.63. The van der Waals surface area contributed by atoms with Crippen molar-refractivity contribution in [3.05, 3.63) is 77.4 Å². The van der Waals surface area contributed by atoms with E-state index in [2.05, 4.69) is 41.0 Å². The van der Waals surface area contributed by atoms with Gasteiger partial charge in [0.25, 0.3) is 0 Å². The highest BCUT2D eigenvalue weighted by molar-refractivity contribution is 5.48. The van der Waals surface area contributed by atoms with Gasteiger partial charge < -0.3 is 0 Å². The summed E-state index contributed by atoms with van der Waals surface area (Å²) in [7, 11) is 0. The van der Waals surface area contributed by atoms with Gasteiger partial charge in [-0.15, -0.1) is 0 Å². The summed E-state index contributed by atoms with van der Waals surface area (Å²) < 4.78 is 38.7. The van der Waals surface area contributed by atoms with Crippen molar-refractivity contribution in [2.24, 2.45) is 0 Å². The zero-order valence-corrected chi connectivity index (χ0v) is 16.2. The van der Waals surface area contributed by atoms with Crippen LogP contribution in [0.3, 0.4) is 0 Å². The lowest BCUT2D eigenvalue weighted by Crippen LogP contribution is -2.50. The topological polar surface area (TPSA) is 6.48 Å². The molecule has 5 heteroatoms. The summed E-state index contributed by atoms with van der Waals surface area (Å²) in [5, 5.41) is 0. The fraction of sp³-hybridized carbons (Fsp3) is 0.391. The first-order chi connectivity index (χ1) is 13.4. The van der Waals surface area contributed by atoms with Crippen LogP contribution in [0, 0.1) is 0 Å². The second kappa shape index (κ2) is 9.39. The predicted molar refractivity (Wildman–Crippen MR) is 108 cm³/mol.